The summed E-state index contributed by atoms with van der Waals surface area (Å²) in [4.78, 5) is 10.9. The summed E-state index contributed by atoms with van der Waals surface area (Å²) in [6.45, 7) is 9.28. The Hall–Kier alpha value is -0.990. The van der Waals surface area contributed by atoms with Gasteiger partial charge in [-0.25, -0.2) is 4.79 Å². The summed E-state index contributed by atoms with van der Waals surface area (Å²) in [6, 6.07) is 0.0428. The summed E-state index contributed by atoms with van der Waals surface area (Å²) in [5, 5.41) is 5.31. The Kier molecular flexibility index (Phi) is 4.34. The lowest BCUT2D eigenvalue weighted by atomic mass is 10.3. The van der Waals surface area contributed by atoms with Crippen molar-refractivity contribution >= 4 is 6.03 Å². The number of hydrogen-bond acceptors (Lipinski definition) is 1. The molecule has 0 saturated heterocycles. The van der Waals surface area contributed by atoms with Crippen LogP contribution in [-0.4, -0.2) is 12.1 Å². The molecule has 11 heavy (non-hydrogen) atoms. The molecule has 2 amide bonds. The Morgan fingerprint density at radius 1 is 1.64 bits per heavy atom. The van der Waals surface area contributed by atoms with Crippen molar-refractivity contribution in [3.05, 3.63) is 12.3 Å². The van der Waals surface area contributed by atoms with Gasteiger partial charge in [0.05, 0.1) is 0 Å². The second-order valence-electron chi connectivity index (χ2n) is 2.69. The van der Waals surface area contributed by atoms with Gasteiger partial charge >= 0.3 is 6.03 Å². The van der Waals surface area contributed by atoms with Crippen LogP contribution in [0.1, 0.15) is 27.2 Å². The molecule has 0 fully saturated rings. The maximum absolute atomic E-state index is 10.9. The van der Waals surface area contributed by atoms with Crippen molar-refractivity contribution in [3.8, 4) is 0 Å². The van der Waals surface area contributed by atoms with E-state index in [2.05, 4.69) is 17.2 Å². The molecule has 0 aromatic rings. The first kappa shape index (κ1) is 10.0. The maximum atomic E-state index is 10.9. The number of rotatable bonds is 3. The van der Waals surface area contributed by atoms with Crippen molar-refractivity contribution in [1.29, 1.82) is 0 Å². The number of hydrogen-bond donors (Lipinski definition) is 2. The minimum Gasteiger partial charge on any atom is -0.335 e. The molecule has 0 aromatic carbocycles. The molecular weight excluding hydrogens is 140 g/mol. The second kappa shape index (κ2) is 4.77. The minimum absolute atomic E-state index is 0.174. The van der Waals surface area contributed by atoms with Crippen molar-refractivity contribution in [2.75, 3.05) is 0 Å². The monoisotopic (exact) mass is 156 g/mol. The molecule has 0 aliphatic heterocycles. The lowest BCUT2D eigenvalue weighted by Crippen LogP contribution is -2.39. The molecule has 1 unspecified atom stereocenters. The lowest BCUT2D eigenvalue weighted by Gasteiger charge is -2.11. The van der Waals surface area contributed by atoms with Crippen LogP contribution in [0, 0.1) is 0 Å². The van der Waals surface area contributed by atoms with E-state index in [9.17, 15) is 4.79 Å². The molecule has 64 valence electrons. The summed E-state index contributed by atoms with van der Waals surface area (Å²) in [6.07, 6.45) is 0.934. The van der Waals surface area contributed by atoms with Gasteiger partial charge in [-0.1, -0.05) is 13.5 Å². The topological polar surface area (TPSA) is 41.1 Å². The van der Waals surface area contributed by atoms with Crippen LogP contribution in [0.15, 0.2) is 12.3 Å². The molecule has 0 aliphatic carbocycles. The number of urea groups is 1. The zero-order chi connectivity index (χ0) is 8.85. The van der Waals surface area contributed by atoms with E-state index in [1.54, 1.807) is 6.92 Å². The molecule has 0 aliphatic rings. The molecule has 2 N–H and O–H groups in total. The zero-order valence-electron chi connectivity index (χ0n) is 7.40. The van der Waals surface area contributed by atoms with Gasteiger partial charge in [-0.3, -0.25) is 0 Å². The Bertz CT molecular complexity index is 154. The highest BCUT2D eigenvalue weighted by Gasteiger charge is 2.02. The quantitative estimate of drug-likeness (QED) is 0.640. The highest BCUT2D eigenvalue weighted by molar-refractivity contribution is 5.75. The van der Waals surface area contributed by atoms with E-state index >= 15 is 0 Å². The molecule has 1 atom stereocenters. The van der Waals surface area contributed by atoms with Crippen LogP contribution in [0.2, 0.25) is 0 Å². The van der Waals surface area contributed by atoms with Crippen LogP contribution in [-0.2, 0) is 0 Å². The van der Waals surface area contributed by atoms with Crippen molar-refractivity contribution in [2.45, 2.75) is 33.2 Å². The zero-order valence-corrected chi connectivity index (χ0v) is 7.40. The molecule has 0 saturated carbocycles. The Balaban J connectivity index is 3.60. The summed E-state index contributed by atoms with van der Waals surface area (Å²) in [5.41, 5.74) is 0.658. The molecule has 0 heterocycles. The highest BCUT2D eigenvalue weighted by Crippen LogP contribution is 1.87. The molecule has 3 heteroatoms. The fourth-order valence-electron chi connectivity index (χ4n) is 0.556. The number of carbonyl (C=O) groups excluding carboxylic acids is 1. The van der Waals surface area contributed by atoms with E-state index in [-0.39, 0.29) is 12.1 Å². The maximum Gasteiger partial charge on any atom is 0.319 e. The van der Waals surface area contributed by atoms with Crippen LogP contribution in [0.5, 0.6) is 0 Å². The molecule has 0 rings (SSSR count). The van der Waals surface area contributed by atoms with Crippen LogP contribution >= 0.6 is 0 Å². The van der Waals surface area contributed by atoms with Gasteiger partial charge in [0.1, 0.15) is 0 Å². The van der Waals surface area contributed by atoms with E-state index in [4.69, 9.17) is 0 Å². The standard InChI is InChI=1S/C8H16N2O/c1-5-7(4)10-8(11)9-6(2)3/h7H,2,5H2,1,3-4H3,(H2,9,10,11). The summed E-state index contributed by atoms with van der Waals surface area (Å²) >= 11 is 0. The predicted octanol–water partition coefficient (Wildman–Crippen LogP) is 1.62. The lowest BCUT2D eigenvalue weighted by molar-refractivity contribution is 0.240. The first-order chi connectivity index (χ1) is 5.06. The van der Waals surface area contributed by atoms with Gasteiger partial charge in [0, 0.05) is 11.7 Å². The number of nitrogens with one attached hydrogen (secondary N) is 2. The third-order valence-corrected chi connectivity index (χ3v) is 1.32. The Morgan fingerprint density at radius 2 is 2.18 bits per heavy atom. The highest BCUT2D eigenvalue weighted by atomic mass is 16.2. The third-order valence-electron chi connectivity index (χ3n) is 1.32. The van der Waals surface area contributed by atoms with Gasteiger partial charge in [-0.2, -0.15) is 0 Å². The largest absolute Gasteiger partial charge is 0.335 e. The van der Waals surface area contributed by atoms with Crippen molar-refractivity contribution in [2.24, 2.45) is 0 Å². The van der Waals surface area contributed by atoms with Crippen molar-refractivity contribution in [3.63, 3.8) is 0 Å². The molecule has 0 radical (unpaired) electrons. The summed E-state index contributed by atoms with van der Waals surface area (Å²) in [5.74, 6) is 0. The minimum atomic E-state index is -0.174. The molecular formula is C8H16N2O. The first-order valence-corrected chi connectivity index (χ1v) is 3.79. The van der Waals surface area contributed by atoms with Crippen LogP contribution in [0.4, 0.5) is 4.79 Å². The van der Waals surface area contributed by atoms with E-state index in [1.165, 1.54) is 0 Å². The third kappa shape index (κ3) is 5.45. The Morgan fingerprint density at radius 3 is 2.55 bits per heavy atom. The van der Waals surface area contributed by atoms with Gasteiger partial charge in [-0.15, -0.1) is 0 Å². The summed E-state index contributed by atoms with van der Waals surface area (Å²) < 4.78 is 0. The van der Waals surface area contributed by atoms with E-state index in [0.717, 1.165) is 6.42 Å². The van der Waals surface area contributed by atoms with Crippen LogP contribution in [0.25, 0.3) is 0 Å². The van der Waals surface area contributed by atoms with Crippen LogP contribution in [0.3, 0.4) is 0 Å². The van der Waals surface area contributed by atoms with E-state index < -0.39 is 0 Å². The van der Waals surface area contributed by atoms with Crippen LogP contribution < -0.4 is 10.6 Å². The normalized spacial score (nSPS) is 11.9. The number of amides is 2. The van der Waals surface area contributed by atoms with Gasteiger partial charge < -0.3 is 10.6 Å². The number of carbonyl (C=O) groups is 1. The second-order valence-corrected chi connectivity index (χ2v) is 2.69. The average Bonchev–Trinajstić information content (AvgIpc) is 1.85. The van der Waals surface area contributed by atoms with Crippen molar-refractivity contribution < 1.29 is 4.79 Å². The van der Waals surface area contributed by atoms with E-state index in [0.29, 0.717) is 5.70 Å². The smallest absolute Gasteiger partial charge is 0.319 e. The van der Waals surface area contributed by atoms with Gasteiger partial charge in [-0.05, 0) is 20.3 Å². The predicted molar refractivity (Wildman–Crippen MR) is 46.2 cm³/mol. The van der Waals surface area contributed by atoms with Crippen molar-refractivity contribution in [1.82, 2.24) is 10.6 Å². The van der Waals surface area contributed by atoms with Gasteiger partial charge in [0.25, 0.3) is 0 Å². The number of allylic oxidation sites excluding steroid dienone is 1. The van der Waals surface area contributed by atoms with Gasteiger partial charge in [0.15, 0.2) is 0 Å². The molecule has 0 bridgehead atoms. The molecule has 0 spiro atoms. The fourth-order valence-corrected chi connectivity index (χ4v) is 0.556. The first-order valence-electron chi connectivity index (χ1n) is 3.79. The SMILES string of the molecule is C=C(C)NC(=O)NC(C)CC. The fraction of sp³-hybridized carbons (Fsp3) is 0.625. The van der Waals surface area contributed by atoms with E-state index in [1.807, 2.05) is 13.8 Å². The summed E-state index contributed by atoms with van der Waals surface area (Å²) in [7, 11) is 0. The van der Waals surface area contributed by atoms with Gasteiger partial charge in [0.2, 0.25) is 0 Å². The molecule has 0 aromatic heterocycles. The average molecular weight is 156 g/mol. The molecule has 3 nitrogen and oxygen atoms in total. The Labute approximate surface area is 67.9 Å².